The number of hydrogen-bond acceptors (Lipinski definition) is 4. The van der Waals surface area contributed by atoms with Gasteiger partial charge in [0, 0.05) is 6.92 Å². The Kier molecular flexibility index (Phi) is 5.24. The third-order valence-electron chi connectivity index (χ3n) is 2.36. The van der Waals surface area contributed by atoms with Crippen LogP contribution in [0.2, 0.25) is 0 Å². The number of carbonyl (C=O) groups excluding carboxylic acids is 1. The number of hydrogen-bond donors (Lipinski definition) is 0. The smallest absolute Gasteiger partial charge is 0.307 e. The van der Waals surface area contributed by atoms with Gasteiger partial charge in [-0.25, -0.2) is 0 Å². The van der Waals surface area contributed by atoms with Crippen LogP contribution in [0.15, 0.2) is 30.0 Å². The Morgan fingerprint density at radius 3 is 2.39 bits per heavy atom. The maximum absolute atomic E-state index is 10.7. The van der Waals surface area contributed by atoms with Gasteiger partial charge >= 0.3 is 5.97 Å². The van der Waals surface area contributed by atoms with E-state index < -0.39 is 0 Å². The summed E-state index contributed by atoms with van der Waals surface area (Å²) in [4.78, 5) is 10.7. The summed E-state index contributed by atoms with van der Waals surface area (Å²) in [5, 5.41) is 0. The SMILES string of the molecule is COc1ccc(C/C(C)=C/OC(C)=O)cc1OC. The fourth-order valence-electron chi connectivity index (χ4n) is 1.54. The van der Waals surface area contributed by atoms with Crippen molar-refractivity contribution < 1.29 is 19.0 Å². The van der Waals surface area contributed by atoms with Crippen molar-refractivity contribution in [1.29, 1.82) is 0 Å². The van der Waals surface area contributed by atoms with Crippen LogP contribution in [0.1, 0.15) is 19.4 Å². The Balaban J connectivity index is 2.79. The van der Waals surface area contributed by atoms with E-state index in [0.29, 0.717) is 17.9 Å². The van der Waals surface area contributed by atoms with Crippen molar-refractivity contribution in [1.82, 2.24) is 0 Å². The first-order valence-corrected chi connectivity index (χ1v) is 5.60. The molecule has 98 valence electrons. The van der Waals surface area contributed by atoms with Crippen molar-refractivity contribution in [3.63, 3.8) is 0 Å². The van der Waals surface area contributed by atoms with Gasteiger partial charge in [-0.15, -0.1) is 0 Å². The van der Waals surface area contributed by atoms with Crippen LogP contribution in [0.5, 0.6) is 11.5 Å². The number of rotatable bonds is 5. The predicted molar refractivity (Wildman–Crippen MR) is 68.8 cm³/mol. The molecule has 0 N–H and O–H groups in total. The van der Waals surface area contributed by atoms with Crippen molar-refractivity contribution >= 4 is 5.97 Å². The molecule has 0 aliphatic heterocycles. The number of carbonyl (C=O) groups is 1. The number of benzene rings is 1. The Bertz CT molecular complexity index is 449. The summed E-state index contributed by atoms with van der Waals surface area (Å²) in [6.07, 6.45) is 2.16. The largest absolute Gasteiger partial charge is 0.493 e. The number of methoxy groups -OCH3 is 2. The summed E-state index contributed by atoms with van der Waals surface area (Å²) in [5.41, 5.74) is 2.02. The first-order chi connectivity index (χ1) is 8.56. The van der Waals surface area contributed by atoms with Crippen LogP contribution in [0.3, 0.4) is 0 Å². The molecule has 0 aromatic heterocycles. The van der Waals surface area contributed by atoms with E-state index in [1.807, 2.05) is 25.1 Å². The second kappa shape index (κ2) is 6.69. The fourth-order valence-corrected chi connectivity index (χ4v) is 1.54. The van der Waals surface area contributed by atoms with Gasteiger partial charge < -0.3 is 14.2 Å². The minimum absolute atomic E-state index is 0.318. The zero-order chi connectivity index (χ0) is 13.5. The van der Waals surface area contributed by atoms with Crippen molar-refractivity contribution in [3.8, 4) is 11.5 Å². The van der Waals surface area contributed by atoms with Gasteiger partial charge in [-0.05, 0) is 36.6 Å². The lowest BCUT2D eigenvalue weighted by atomic mass is 10.1. The van der Waals surface area contributed by atoms with Gasteiger partial charge in [0.1, 0.15) is 0 Å². The number of allylic oxidation sites excluding steroid dienone is 1. The molecule has 0 fully saturated rings. The van der Waals surface area contributed by atoms with Crippen LogP contribution in [0, 0.1) is 0 Å². The Morgan fingerprint density at radius 2 is 1.83 bits per heavy atom. The first-order valence-electron chi connectivity index (χ1n) is 5.60. The lowest BCUT2D eigenvalue weighted by Crippen LogP contribution is -1.95. The molecule has 1 aromatic carbocycles. The van der Waals surface area contributed by atoms with Crippen LogP contribution in [0.4, 0.5) is 0 Å². The normalized spacial score (nSPS) is 11.0. The molecule has 0 heterocycles. The fraction of sp³-hybridized carbons (Fsp3) is 0.357. The molecule has 0 aliphatic carbocycles. The highest BCUT2D eigenvalue weighted by atomic mass is 16.5. The van der Waals surface area contributed by atoms with Gasteiger partial charge in [0.15, 0.2) is 11.5 Å². The van der Waals surface area contributed by atoms with E-state index >= 15 is 0 Å². The molecule has 0 spiro atoms. The summed E-state index contributed by atoms with van der Waals surface area (Å²) in [6.45, 7) is 3.28. The zero-order valence-corrected chi connectivity index (χ0v) is 11.1. The molecule has 0 amide bonds. The van der Waals surface area contributed by atoms with Crippen molar-refractivity contribution in [3.05, 3.63) is 35.6 Å². The Labute approximate surface area is 107 Å². The van der Waals surface area contributed by atoms with Crippen LogP contribution >= 0.6 is 0 Å². The van der Waals surface area contributed by atoms with Gasteiger partial charge in [-0.1, -0.05) is 6.07 Å². The highest BCUT2D eigenvalue weighted by Gasteiger charge is 2.05. The van der Waals surface area contributed by atoms with Crippen molar-refractivity contribution in [2.75, 3.05) is 14.2 Å². The molecule has 0 unspecified atom stereocenters. The molecule has 0 aliphatic rings. The van der Waals surface area contributed by atoms with Gasteiger partial charge in [0.2, 0.25) is 0 Å². The second-order valence-corrected chi connectivity index (χ2v) is 3.94. The summed E-state index contributed by atoms with van der Waals surface area (Å²) in [6, 6.07) is 5.71. The lowest BCUT2D eigenvalue weighted by Gasteiger charge is -2.09. The van der Waals surface area contributed by atoms with E-state index in [2.05, 4.69) is 0 Å². The maximum Gasteiger partial charge on any atom is 0.307 e. The quantitative estimate of drug-likeness (QED) is 0.595. The van der Waals surface area contributed by atoms with Crippen LogP contribution in [-0.2, 0) is 16.0 Å². The van der Waals surface area contributed by atoms with Gasteiger partial charge in [0.25, 0.3) is 0 Å². The molecule has 0 saturated carbocycles. The van der Waals surface area contributed by atoms with Crippen LogP contribution in [-0.4, -0.2) is 20.2 Å². The summed E-state index contributed by atoms with van der Waals surface area (Å²) in [7, 11) is 3.20. The molecule has 18 heavy (non-hydrogen) atoms. The van der Waals surface area contributed by atoms with E-state index in [0.717, 1.165) is 11.1 Å². The lowest BCUT2D eigenvalue weighted by molar-refractivity contribution is -0.135. The molecule has 0 atom stereocenters. The Hall–Kier alpha value is -1.97. The third kappa shape index (κ3) is 4.13. The third-order valence-corrected chi connectivity index (χ3v) is 2.36. The molecular formula is C14H18O4. The topological polar surface area (TPSA) is 44.8 Å². The van der Waals surface area contributed by atoms with E-state index in [4.69, 9.17) is 14.2 Å². The standard InChI is InChI=1S/C14H18O4/c1-10(9-18-11(2)15)7-12-5-6-13(16-3)14(8-12)17-4/h5-6,8-9H,7H2,1-4H3/b10-9+. The summed E-state index contributed by atoms with van der Waals surface area (Å²) < 4.78 is 15.2. The van der Waals surface area contributed by atoms with Gasteiger partial charge in [-0.3, -0.25) is 4.79 Å². The summed E-state index contributed by atoms with van der Waals surface area (Å²) in [5.74, 6) is 1.07. The molecule has 4 nitrogen and oxygen atoms in total. The van der Waals surface area contributed by atoms with Crippen molar-refractivity contribution in [2.24, 2.45) is 0 Å². The van der Waals surface area contributed by atoms with Crippen LogP contribution in [0.25, 0.3) is 0 Å². The average molecular weight is 250 g/mol. The minimum atomic E-state index is -0.318. The zero-order valence-electron chi connectivity index (χ0n) is 11.1. The molecule has 0 radical (unpaired) electrons. The molecule has 0 saturated heterocycles. The molecule has 4 heteroatoms. The number of ether oxygens (including phenoxy) is 3. The molecule has 0 bridgehead atoms. The van der Waals surface area contributed by atoms with Gasteiger partial charge in [-0.2, -0.15) is 0 Å². The maximum atomic E-state index is 10.7. The van der Waals surface area contributed by atoms with E-state index in [1.54, 1.807) is 14.2 Å². The van der Waals surface area contributed by atoms with Crippen molar-refractivity contribution in [2.45, 2.75) is 20.3 Å². The summed E-state index contributed by atoms with van der Waals surface area (Å²) >= 11 is 0. The monoisotopic (exact) mass is 250 g/mol. The second-order valence-electron chi connectivity index (χ2n) is 3.94. The Morgan fingerprint density at radius 1 is 1.17 bits per heavy atom. The first kappa shape index (κ1) is 14.1. The minimum Gasteiger partial charge on any atom is -0.493 e. The predicted octanol–water partition coefficient (Wildman–Crippen LogP) is 2.71. The van der Waals surface area contributed by atoms with Gasteiger partial charge in [0.05, 0.1) is 20.5 Å². The van der Waals surface area contributed by atoms with E-state index in [1.165, 1.54) is 13.2 Å². The highest BCUT2D eigenvalue weighted by Crippen LogP contribution is 2.28. The van der Waals surface area contributed by atoms with Crippen LogP contribution < -0.4 is 9.47 Å². The molecular weight excluding hydrogens is 232 g/mol. The molecule has 1 aromatic rings. The van der Waals surface area contributed by atoms with E-state index in [-0.39, 0.29) is 5.97 Å². The average Bonchev–Trinajstić information content (AvgIpc) is 2.36. The van der Waals surface area contributed by atoms with E-state index in [9.17, 15) is 4.79 Å². The molecule has 1 rings (SSSR count). The number of esters is 1. The highest BCUT2D eigenvalue weighted by molar-refractivity contribution is 5.66.